The van der Waals surface area contributed by atoms with Crippen LogP contribution in [0.3, 0.4) is 0 Å². The molecule has 1 atom stereocenters. The van der Waals surface area contributed by atoms with Crippen LogP contribution < -0.4 is 0 Å². The van der Waals surface area contributed by atoms with Crippen molar-refractivity contribution in [2.75, 3.05) is 13.7 Å². The lowest BCUT2D eigenvalue weighted by atomic mass is 10.3. The van der Waals surface area contributed by atoms with Gasteiger partial charge in [-0.15, -0.1) is 0 Å². The number of hydrazone groups is 1. The van der Waals surface area contributed by atoms with Crippen LogP contribution in [0, 0.1) is 0 Å². The van der Waals surface area contributed by atoms with Gasteiger partial charge in [-0.3, -0.25) is 5.01 Å². The number of ether oxygens (including phenoxy) is 1. The van der Waals surface area contributed by atoms with E-state index in [9.17, 15) is 0 Å². The lowest BCUT2D eigenvalue weighted by Crippen LogP contribution is -2.32. The standard InChI is InChI=1S/C9H20N2O/c1-5-7-9(12-4)11(10-3)8-6-2/h9H,3,5-8H2,1-2,4H3. The zero-order valence-corrected chi connectivity index (χ0v) is 8.42. The van der Waals surface area contributed by atoms with Gasteiger partial charge in [0.25, 0.3) is 0 Å². The van der Waals surface area contributed by atoms with Crippen molar-refractivity contribution in [2.45, 2.75) is 39.3 Å². The fraction of sp³-hybridized carbons (Fsp3) is 0.889. The minimum atomic E-state index is 0.104. The first-order valence-electron chi connectivity index (χ1n) is 4.56. The van der Waals surface area contributed by atoms with Crippen LogP contribution in [-0.2, 0) is 4.74 Å². The van der Waals surface area contributed by atoms with Crippen molar-refractivity contribution in [3.05, 3.63) is 0 Å². The van der Waals surface area contributed by atoms with Gasteiger partial charge in [0, 0.05) is 20.4 Å². The van der Waals surface area contributed by atoms with Crippen LogP contribution in [0.15, 0.2) is 5.10 Å². The Morgan fingerprint density at radius 1 is 1.42 bits per heavy atom. The molecule has 0 aliphatic carbocycles. The molecule has 0 aromatic rings. The van der Waals surface area contributed by atoms with Gasteiger partial charge in [0.05, 0.1) is 0 Å². The Bertz CT molecular complexity index is 117. The van der Waals surface area contributed by atoms with Crippen molar-refractivity contribution in [1.29, 1.82) is 0 Å². The van der Waals surface area contributed by atoms with E-state index in [1.807, 2.05) is 5.01 Å². The number of hydrogen-bond acceptors (Lipinski definition) is 3. The highest BCUT2D eigenvalue weighted by atomic mass is 16.5. The molecule has 0 N–H and O–H groups in total. The molecule has 0 saturated heterocycles. The van der Waals surface area contributed by atoms with Crippen molar-refractivity contribution in [3.63, 3.8) is 0 Å². The number of rotatable bonds is 7. The second kappa shape index (κ2) is 7.10. The summed E-state index contributed by atoms with van der Waals surface area (Å²) in [4.78, 5) is 0. The van der Waals surface area contributed by atoms with Crippen LogP contribution in [0.5, 0.6) is 0 Å². The lowest BCUT2D eigenvalue weighted by Gasteiger charge is -2.26. The molecule has 3 heteroatoms. The fourth-order valence-electron chi connectivity index (χ4n) is 1.17. The summed E-state index contributed by atoms with van der Waals surface area (Å²) in [5.41, 5.74) is 0. The molecule has 0 aromatic carbocycles. The molecule has 0 fully saturated rings. The van der Waals surface area contributed by atoms with Gasteiger partial charge in [-0.05, 0) is 12.8 Å². The maximum atomic E-state index is 5.29. The van der Waals surface area contributed by atoms with E-state index in [0.717, 1.165) is 25.8 Å². The molecule has 0 amide bonds. The van der Waals surface area contributed by atoms with E-state index in [4.69, 9.17) is 4.74 Å². The normalized spacial score (nSPS) is 12.6. The topological polar surface area (TPSA) is 24.8 Å². The minimum Gasteiger partial charge on any atom is -0.360 e. The predicted molar refractivity (Wildman–Crippen MR) is 52.3 cm³/mol. The van der Waals surface area contributed by atoms with E-state index in [0.29, 0.717) is 0 Å². The highest BCUT2D eigenvalue weighted by molar-refractivity contribution is 5.22. The molecule has 0 saturated carbocycles. The molecule has 0 bridgehead atoms. The van der Waals surface area contributed by atoms with Gasteiger partial charge in [-0.2, -0.15) is 5.10 Å². The van der Waals surface area contributed by atoms with Crippen LogP contribution in [0.2, 0.25) is 0 Å². The first kappa shape index (κ1) is 11.4. The van der Waals surface area contributed by atoms with E-state index in [1.54, 1.807) is 7.11 Å². The Morgan fingerprint density at radius 2 is 2.08 bits per heavy atom. The zero-order chi connectivity index (χ0) is 9.40. The van der Waals surface area contributed by atoms with Crippen LogP contribution in [0.1, 0.15) is 33.1 Å². The molecule has 0 radical (unpaired) electrons. The second-order valence-corrected chi connectivity index (χ2v) is 2.78. The highest BCUT2D eigenvalue weighted by Crippen LogP contribution is 2.08. The largest absolute Gasteiger partial charge is 0.360 e. The molecule has 1 unspecified atom stereocenters. The van der Waals surface area contributed by atoms with E-state index in [-0.39, 0.29) is 6.23 Å². The third-order valence-corrected chi connectivity index (χ3v) is 1.77. The molecule has 0 heterocycles. The summed E-state index contributed by atoms with van der Waals surface area (Å²) in [6.45, 7) is 8.71. The molecule has 3 nitrogen and oxygen atoms in total. The van der Waals surface area contributed by atoms with Crippen LogP contribution in [-0.4, -0.2) is 31.6 Å². The van der Waals surface area contributed by atoms with Gasteiger partial charge < -0.3 is 4.74 Å². The van der Waals surface area contributed by atoms with E-state index >= 15 is 0 Å². The van der Waals surface area contributed by atoms with E-state index in [2.05, 4.69) is 25.7 Å². The molecule has 72 valence electrons. The van der Waals surface area contributed by atoms with Crippen LogP contribution in [0.4, 0.5) is 0 Å². The molecule has 0 aliphatic rings. The Balaban J connectivity index is 3.92. The first-order chi connectivity index (χ1) is 5.79. The average molecular weight is 172 g/mol. The van der Waals surface area contributed by atoms with Crippen molar-refractivity contribution >= 4 is 6.72 Å². The summed E-state index contributed by atoms with van der Waals surface area (Å²) in [7, 11) is 1.72. The van der Waals surface area contributed by atoms with Gasteiger partial charge in [-0.1, -0.05) is 20.3 Å². The smallest absolute Gasteiger partial charge is 0.145 e. The van der Waals surface area contributed by atoms with E-state index < -0.39 is 0 Å². The Kier molecular flexibility index (Phi) is 6.76. The summed E-state index contributed by atoms with van der Waals surface area (Å²) in [5, 5.41) is 5.83. The summed E-state index contributed by atoms with van der Waals surface area (Å²) >= 11 is 0. The van der Waals surface area contributed by atoms with Gasteiger partial charge in [0.2, 0.25) is 0 Å². The Hall–Kier alpha value is -0.570. The van der Waals surface area contributed by atoms with Crippen molar-refractivity contribution in [3.8, 4) is 0 Å². The van der Waals surface area contributed by atoms with Gasteiger partial charge in [0.15, 0.2) is 0 Å². The quantitative estimate of drug-likeness (QED) is 0.334. The molecule has 0 aromatic heterocycles. The maximum absolute atomic E-state index is 5.29. The summed E-state index contributed by atoms with van der Waals surface area (Å²) in [5.74, 6) is 0. The number of methoxy groups -OCH3 is 1. The molecule has 0 aliphatic heterocycles. The SMILES string of the molecule is C=NN(CCC)C(CCC)OC. The van der Waals surface area contributed by atoms with Crippen molar-refractivity contribution in [1.82, 2.24) is 5.01 Å². The van der Waals surface area contributed by atoms with Crippen molar-refractivity contribution < 1.29 is 4.74 Å². The predicted octanol–water partition coefficient (Wildman–Crippen LogP) is 2.09. The van der Waals surface area contributed by atoms with Gasteiger partial charge in [-0.25, -0.2) is 0 Å². The third-order valence-electron chi connectivity index (χ3n) is 1.77. The molecule has 0 spiro atoms. The zero-order valence-electron chi connectivity index (χ0n) is 8.42. The Morgan fingerprint density at radius 3 is 2.42 bits per heavy atom. The second-order valence-electron chi connectivity index (χ2n) is 2.78. The average Bonchev–Trinajstić information content (AvgIpc) is 2.11. The minimum absolute atomic E-state index is 0.104. The monoisotopic (exact) mass is 172 g/mol. The van der Waals surface area contributed by atoms with Crippen LogP contribution >= 0.6 is 0 Å². The highest BCUT2D eigenvalue weighted by Gasteiger charge is 2.12. The molecule has 12 heavy (non-hydrogen) atoms. The third kappa shape index (κ3) is 3.72. The molecule has 0 rings (SSSR count). The summed E-state index contributed by atoms with van der Waals surface area (Å²) in [6.07, 6.45) is 3.29. The molecular formula is C9H20N2O. The number of hydrogen-bond donors (Lipinski definition) is 0. The summed E-state index contributed by atoms with van der Waals surface area (Å²) in [6, 6.07) is 0. The van der Waals surface area contributed by atoms with Crippen molar-refractivity contribution in [2.24, 2.45) is 5.10 Å². The summed E-state index contributed by atoms with van der Waals surface area (Å²) < 4.78 is 5.29. The lowest BCUT2D eigenvalue weighted by molar-refractivity contribution is -0.0363. The van der Waals surface area contributed by atoms with Gasteiger partial charge >= 0.3 is 0 Å². The van der Waals surface area contributed by atoms with Crippen LogP contribution in [0.25, 0.3) is 0 Å². The molecular weight excluding hydrogens is 152 g/mol. The van der Waals surface area contributed by atoms with Gasteiger partial charge in [0.1, 0.15) is 6.23 Å². The Labute approximate surface area is 75.4 Å². The fourth-order valence-corrected chi connectivity index (χ4v) is 1.17. The van der Waals surface area contributed by atoms with E-state index in [1.165, 1.54) is 0 Å². The first-order valence-corrected chi connectivity index (χ1v) is 4.56. The number of nitrogens with zero attached hydrogens (tertiary/aromatic N) is 2. The maximum Gasteiger partial charge on any atom is 0.145 e.